The van der Waals surface area contributed by atoms with Gasteiger partial charge in [-0.05, 0) is 0 Å². The van der Waals surface area contributed by atoms with Gasteiger partial charge in [-0.1, -0.05) is 0 Å². The van der Waals surface area contributed by atoms with Gasteiger partial charge < -0.3 is 0 Å². The normalized spacial score (nSPS) is 4.00. The Labute approximate surface area is 29.7 Å². The number of rotatable bonds is 1. The molecule has 0 unspecified atom stereocenters. The second-order valence-electron chi connectivity index (χ2n) is 0.272. The molecule has 0 heterocycles. The molecule has 0 atom stereocenters. The molecule has 0 aromatic rings. The zero-order valence-corrected chi connectivity index (χ0v) is 3.13. The van der Waals surface area contributed by atoms with Gasteiger partial charge in [0.1, 0.15) is 0 Å². The first-order chi connectivity index (χ1) is 1.91. The average Bonchev–Trinajstić information content (AvgIpc) is 1.37. The van der Waals surface area contributed by atoms with Gasteiger partial charge in [-0.2, -0.15) is 0 Å². The van der Waals surface area contributed by atoms with E-state index >= 15 is 0 Å². The Morgan fingerprint density at radius 3 is 2.00 bits per heavy atom. The molecule has 0 aliphatic heterocycles. The molecule has 0 aliphatic rings. The SMILES string of the molecule is O=[CH][Al]=[O]. The molecule has 0 fully saturated rings. The summed E-state index contributed by atoms with van der Waals surface area (Å²) < 4.78 is 9.01. The average molecular weight is 72.0 g/mol. The summed E-state index contributed by atoms with van der Waals surface area (Å²) in [6.07, 6.45) is 0. The van der Waals surface area contributed by atoms with Crippen molar-refractivity contribution in [3.8, 4) is 0 Å². The predicted octanol–water partition coefficient (Wildman–Crippen LogP) is -0.774. The van der Waals surface area contributed by atoms with Gasteiger partial charge in [0.05, 0.1) is 0 Å². The molecular weight excluding hydrogens is 71.0 g/mol. The van der Waals surface area contributed by atoms with Crippen LogP contribution >= 0.6 is 0 Å². The summed E-state index contributed by atoms with van der Waals surface area (Å²) in [6, 6.07) is 0. The fourth-order valence-corrected chi connectivity index (χ4v) is 0. The molecule has 0 saturated heterocycles. The van der Waals surface area contributed by atoms with Crippen LogP contribution in [-0.4, -0.2) is 20.3 Å². The fraction of sp³-hybridized carbons (Fsp3) is 0. The van der Waals surface area contributed by atoms with Crippen LogP contribution in [0.25, 0.3) is 0 Å². The van der Waals surface area contributed by atoms with E-state index in [0.717, 1.165) is 0 Å². The van der Waals surface area contributed by atoms with Crippen LogP contribution in [0.15, 0.2) is 0 Å². The molecule has 4 heavy (non-hydrogen) atoms. The third-order valence-corrected chi connectivity index (χ3v) is 0.167. The molecular formula is CHAlO2. The first-order valence-electron chi connectivity index (χ1n) is 0.805. The molecule has 0 radical (unpaired) electrons. The number of hydrogen-bond donors (Lipinski definition) is 0. The topological polar surface area (TPSA) is 34.1 Å². The Morgan fingerprint density at radius 2 is 2.00 bits per heavy atom. The standard InChI is InChI=1S/CHO.Al.O/c1-2;;/h1H;;. The van der Waals surface area contributed by atoms with Crippen LogP contribution in [0.2, 0.25) is 0 Å². The van der Waals surface area contributed by atoms with Crippen LogP contribution in [0.1, 0.15) is 0 Å². The van der Waals surface area contributed by atoms with Crippen molar-refractivity contribution in [1.29, 1.82) is 0 Å². The fourth-order valence-electron chi connectivity index (χ4n) is 0. The molecule has 0 aromatic heterocycles. The van der Waals surface area contributed by atoms with Crippen molar-refractivity contribution in [2.24, 2.45) is 0 Å². The number of carbonyl (C=O) groups excluding carboxylic acids is 1. The van der Waals surface area contributed by atoms with Crippen LogP contribution in [0, 0.1) is 0 Å². The van der Waals surface area contributed by atoms with Crippen molar-refractivity contribution in [3.05, 3.63) is 0 Å². The van der Waals surface area contributed by atoms with Gasteiger partial charge in [0.15, 0.2) is 0 Å². The number of hydrogen-bond acceptors (Lipinski definition) is 2. The Kier molecular flexibility index (Phi) is 3.00. The summed E-state index contributed by atoms with van der Waals surface area (Å²) >= 11 is -1.15. The zero-order chi connectivity index (χ0) is 3.41. The van der Waals surface area contributed by atoms with E-state index in [4.69, 9.17) is 8.60 Å². The maximum absolute atomic E-state index is 9.01. The van der Waals surface area contributed by atoms with Crippen molar-refractivity contribution in [2.45, 2.75) is 0 Å². The van der Waals surface area contributed by atoms with Crippen LogP contribution in [0.3, 0.4) is 0 Å². The van der Waals surface area contributed by atoms with Gasteiger partial charge in [-0.15, -0.1) is 0 Å². The minimum atomic E-state index is -1.15. The third kappa shape index (κ3) is 2.00. The van der Waals surface area contributed by atoms with Crippen molar-refractivity contribution in [1.82, 2.24) is 0 Å². The molecule has 0 spiro atoms. The molecule has 0 saturated carbocycles. The van der Waals surface area contributed by atoms with Crippen LogP contribution in [-0.2, 0) is 8.60 Å². The summed E-state index contributed by atoms with van der Waals surface area (Å²) in [5, 5.41) is 0.403. The van der Waals surface area contributed by atoms with Gasteiger partial charge in [0, 0.05) is 0 Å². The van der Waals surface area contributed by atoms with Crippen molar-refractivity contribution < 1.29 is 8.60 Å². The predicted molar refractivity (Wildman–Crippen MR) is 13.2 cm³/mol. The van der Waals surface area contributed by atoms with Gasteiger partial charge in [0.2, 0.25) is 0 Å². The summed E-state index contributed by atoms with van der Waals surface area (Å²) in [7, 11) is 0. The zero-order valence-electron chi connectivity index (χ0n) is 1.97. The van der Waals surface area contributed by atoms with E-state index < -0.39 is 15.2 Å². The van der Waals surface area contributed by atoms with Crippen molar-refractivity contribution >= 4 is 20.3 Å². The number of carbonyl (C=O) groups is 1. The second-order valence-corrected chi connectivity index (χ2v) is 0.816. The quantitative estimate of drug-likeness (QED) is 0.301. The molecule has 2 nitrogen and oxygen atoms in total. The first kappa shape index (κ1) is 4.00. The summed E-state index contributed by atoms with van der Waals surface area (Å²) in [4.78, 5) is 8.90. The summed E-state index contributed by atoms with van der Waals surface area (Å²) in [5.41, 5.74) is 0. The van der Waals surface area contributed by atoms with Crippen molar-refractivity contribution in [2.75, 3.05) is 0 Å². The van der Waals surface area contributed by atoms with Crippen molar-refractivity contribution in [3.63, 3.8) is 0 Å². The van der Waals surface area contributed by atoms with E-state index in [0.29, 0.717) is 5.15 Å². The van der Waals surface area contributed by atoms with E-state index in [1.807, 2.05) is 0 Å². The van der Waals surface area contributed by atoms with E-state index in [1.54, 1.807) is 0 Å². The van der Waals surface area contributed by atoms with Gasteiger partial charge >= 0.3 is 28.9 Å². The van der Waals surface area contributed by atoms with E-state index in [1.165, 1.54) is 0 Å². The summed E-state index contributed by atoms with van der Waals surface area (Å²) in [6.45, 7) is 0. The molecule has 0 rings (SSSR count). The molecule has 20 valence electrons. The molecule has 3 heteroatoms. The van der Waals surface area contributed by atoms with E-state index in [9.17, 15) is 0 Å². The Balaban J connectivity index is 2.73. The van der Waals surface area contributed by atoms with Crippen LogP contribution in [0.4, 0.5) is 0 Å². The second kappa shape index (κ2) is 3.00. The van der Waals surface area contributed by atoms with Crippen LogP contribution in [0.5, 0.6) is 0 Å². The molecule has 0 aromatic carbocycles. The van der Waals surface area contributed by atoms with E-state index in [-0.39, 0.29) is 0 Å². The molecule has 0 amide bonds. The molecule has 0 N–H and O–H groups in total. The molecule has 0 bridgehead atoms. The van der Waals surface area contributed by atoms with Gasteiger partial charge in [-0.3, -0.25) is 0 Å². The Bertz CT molecular complexity index is 27.0. The van der Waals surface area contributed by atoms with Gasteiger partial charge in [0.25, 0.3) is 0 Å². The first-order valence-corrected chi connectivity index (χ1v) is 1.94. The monoisotopic (exact) mass is 72.0 g/mol. The van der Waals surface area contributed by atoms with Crippen LogP contribution < -0.4 is 0 Å². The minimum absolute atomic E-state index is 0.403. The third-order valence-electron chi connectivity index (χ3n) is 0.0556. The maximum atomic E-state index is 9.01. The van der Waals surface area contributed by atoms with Gasteiger partial charge in [-0.25, -0.2) is 0 Å². The Hall–Kier alpha value is 0.00247. The molecule has 0 aliphatic carbocycles. The Morgan fingerprint density at radius 1 is 1.75 bits per heavy atom. The summed E-state index contributed by atoms with van der Waals surface area (Å²) in [5.74, 6) is 0. The van der Waals surface area contributed by atoms with E-state index in [2.05, 4.69) is 0 Å².